The molecule has 0 fully saturated rings. The predicted molar refractivity (Wildman–Crippen MR) is 52.0 cm³/mol. The Kier molecular flexibility index (Phi) is 3.22. The summed E-state index contributed by atoms with van der Waals surface area (Å²) < 4.78 is 0. The van der Waals surface area contributed by atoms with Gasteiger partial charge in [-0.05, 0) is 24.6 Å². The van der Waals surface area contributed by atoms with E-state index in [2.05, 4.69) is 0 Å². The fraction of sp³-hybridized carbons (Fsp3) is 0.300. The molecule has 2 unspecified atom stereocenters. The van der Waals surface area contributed by atoms with Gasteiger partial charge in [0.2, 0.25) is 0 Å². The molecule has 0 aliphatic rings. The van der Waals surface area contributed by atoms with Crippen molar-refractivity contribution in [3.05, 3.63) is 35.4 Å². The van der Waals surface area contributed by atoms with Gasteiger partial charge in [-0.25, -0.2) is 4.79 Å². The zero-order chi connectivity index (χ0) is 10.7. The standard InChI is InChI=1S/C10H13NO3/c1-6(12)9(11)7-3-2-4-8(5-7)10(13)14/h2-6,9,12H,11H2,1H3,(H,13,14). The second kappa shape index (κ2) is 4.21. The van der Waals surface area contributed by atoms with E-state index in [4.69, 9.17) is 10.8 Å². The lowest BCUT2D eigenvalue weighted by atomic mass is 10.0. The average molecular weight is 195 g/mol. The molecule has 0 radical (unpaired) electrons. The summed E-state index contributed by atoms with van der Waals surface area (Å²) in [5.41, 5.74) is 6.47. The monoisotopic (exact) mass is 195 g/mol. The Morgan fingerprint density at radius 1 is 1.50 bits per heavy atom. The number of hydrogen-bond acceptors (Lipinski definition) is 3. The molecule has 0 saturated heterocycles. The van der Waals surface area contributed by atoms with Crippen LogP contribution in [0.4, 0.5) is 0 Å². The first-order chi connectivity index (χ1) is 6.52. The van der Waals surface area contributed by atoms with Crippen molar-refractivity contribution < 1.29 is 15.0 Å². The SMILES string of the molecule is CC(O)C(N)c1cccc(C(=O)O)c1. The third kappa shape index (κ3) is 2.31. The minimum Gasteiger partial charge on any atom is -0.478 e. The fourth-order valence-electron chi connectivity index (χ4n) is 1.16. The molecule has 1 aromatic carbocycles. The summed E-state index contributed by atoms with van der Waals surface area (Å²) in [5, 5.41) is 18.0. The first-order valence-electron chi connectivity index (χ1n) is 4.29. The van der Waals surface area contributed by atoms with Gasteiger partial charge in [0.25, 0.3) is 0 Å². The Balaban J connectivity index is 2.99. The highest BCUT2D eigenvalue weighted by Crippen LogP contribution is 2.15. The van der Waals surface area contributed by atoms with Crippen LogP contribution in [0.15, 0.2) is 24.3 Å². The van der Waals surface area contributed by atoms with Crippen LogP contribution in [0.1, 0.15) is 28.9 Å². The van der Waals surface area contributed by atoms with E-state index >= 15 is 0 Å². The maximum atomic E-state index is 10.6. The summed E-state index contributed by atoms with van der Waals surface area (Å²) in [5.74, 6) is -0.996. The van der Waals surface area contributed by atoms with E-state index in [9.17, 15) is 9.90 Å². The van der Waals surface area contributed by atoms with Crippen molar-refractivity contribution in [2.75, 3.05) is 0 Å². The number of carbonyl (C=O) groups is 1. The van der Waals surface area contributed by atoms with Gasteiger partial charge < -0.3 is 15.9 Å². The van der Waals surface area contributed by atoms with Crippen LogP contribution >= 0.6 is 0 Å². The van der Waals surface area contributed by atoms with E-state index in [-0.39, 0.29) is 5.56 Å². The predicted octanol–water partition coefficient (Wildman–Crippen LogP) is 0.765. The third-order valence-electron chi connectivity index (χ3n) is 2.04. The molecule has 0 saturated carbocycles. The van der Waals surface area contributed by atoms with E-state index in [0.717, 1.165) is 0 Å². The molecule has 4 heteroatoms. The van der Waals surface area contributed by atoms with Crippen molar-refractivity contribution in [1.29, 1.82) is 0 Å². The van der Waals surface area contributed by atoms with Crippen molar-refractivity contribution in [2.45, 2.75) is 19.1 Å². The molecule has 1 rings (SSSR count). The van der Waals surface area contributed by atoms with E-state index < -0.39 is 18.1 Å². The highest BCUT2D eigenvalue weighted by atomic mass is 16.4. The van der Waals surface area contributed by atoms with Gasteiger partial charge in [-0.15, -0.1) is 0 Å². The van der Waals surface area contributed by atoms with E-state index in [1.165, 1.54) is 12.1 Å². The first kappa shape index (κ1) is 10.7. The van der Waals surface area contributed by atoms with E-state index in [0.29, 0.717) is 5.56 Å². The van der Waals surface area contributed by atoms with Crippen molar-refractivity contribution in [2.24, 2.45) is 5.73 Å². The summed E-state index contributed by atoms with van der Waals surface area (Å²) in [4.78, 5) is 10.6. The number of hydrogen-bond donors (Lipinski definition) is 3. The molecular formula is C10H13NO3. The minimum atomic E-state index is -0.996. The second-order valence-corrected chi connectivity index (χ2v) is 3.20. The van der Waals surface area contributed by atoms with Gasteiger partial charge in [0.15, 0.2) is 0 Å². The Hall–Kier alpha value is -1.39. The van der Waals surface area contributed by atoms with Gasteiger partial charge in [0.1, 0.15) is 0 Å². The highest BCUT2D eigenvalue weighted by molar-refractivity contribution is 5.87. The molecule has 0 amide bonds. The van der Waals surface area contributed by atoms with Crippen LogP contribution in [0.2, 0.25) is 0 Å². The molecule has 2 atom stereocenters. The molecule has 0 aromatic heterocycles. The number of rotatable bonds is 3. The molecule has 4 nitrogen and oxygen atoms in total. The van der Waals surface area contributed by atoms with Crippen LogP contribution in [-0.4, -0.2) is 22.3 Å². The molecule has 0 spiro atoms. The number of aromatic carboxylic acids is 1. The lowest BCUT2D eigenvalue weighted by Gasteiger charge is -2.15. The number of aliphatic hydroxyl groups is 1. The lowest BCUT2D eigenvalue weighted by Crippen LogP contribution is -2.23. The number of nitrogens with two attached hydrogens (primary N) is 1. The topological polar surface area (TPSA) is 83.5 Å². The lowest BCUT2D eigenvalue weighted by molar-refractivity contribution is 0.0696. The molecule has 0 aliphatic heterocycles. The summed E-state index contributed by atoms with van der Waals surface area (Å²) >= 11 is 0. The third-order valence-corrected chi connectivity index (χ3v) is 2.04. The van der Waals surface area contributed by atoms with Gasteiger partial charge in [-0.1, -0.05) is 12.1 Å². The summed E-state index contributed by atoms with van der Waals surface area (Å²) in [6.45, 7) is 1.57. The largest absolute Gasteiger partial charge is 0.478 e. The van der Waals surface area contributed by atoms with Gasteiger partial charge in [-0.3, -0.25) is 0 Å². The first-order valence-corrected chi connectivity index (χ1v) is 4.29. The van der Waals surface area contributed by atoms with E-state index in [1.54, 1.807) is 19.1 Å². The second-order valence-electron chi connectivity index (χ2n) is 3.20. The smallest absolute Gasteiger partial charge is 0.335 e. The zero-order valence-corrected chi connectivity index (χ0v) is 7.84. The molecule has 14 heavy (non-hydrogen) atoms. The van der Waals surface area contributed by atoms with Crippen molar-refractivity contribution in [3.63, 3.8) is 0 Å². The number of carboxylic acid groups (broad SMARTS) is 1. The molecule has 0 heterocycles. The molecular weight excluding hydrogens is 182 g/mol. The van der Waals surface area contributed by atoms with Crippen LogP contribution in [0.25, 0.3) is 0 Å². The summed E-state index contributed by atoms with van der Waals surface area (Å²) in [6.07, 6.45) is -0.695. The summed E-state index contributed by atoms with van der Waals surface area (Å²) in [7, 11) is 0. The van der Waals surface area contributed by atoms with Gasteiger partial charge >= 0.3 is 5.97 Å². The molecule has 4 N–H and O–H groups in total. The summed E-state index contributed by atoms with van der Waals surface area (Å²) in [6, 6.07) is 5.72. The van der Waals surface area contributed by atoms with Gasteiger partial charge in [0, 0.05) is 0 Å². The van der Waals surface area contributed by atoms with Crippen LogP contribution in [0, 0.1) is 0 Å². The zero-order valence-electron chi connectivity index (χ0n) is 7.84. The van der Waals surface area contributed by atoms with Crippen LogP contribution in [0.5, 0.6) is 0 Å². The Bertz CT molecular complexity index is 336. The van der Waals surface area contributed by atoms with Crippen molar-refractivity contribution in [3.8, 4) is 0 Å². The van der Waals surface area contributed by atoms with Crippen molar-refractivity contribution in [1.82, 2.24) is 0 Å². The Labute approximate surface area is 82.0 Å². The maximum Gasteiger partial charge on any atom is 0.335 e. The van der Waals surface area contributed by atoms with Crippen molar-refractivity contribution >= 4 is 5.97 Å². The van der Waals surface area contributed by atoms with Gasteiger partial charge in [0.05, 0.1) is 17.7 Å². The van der Waals surface area contributed by atoms with E-state index in [1.807, 2.05) is 0 Å². The van der Waals surface area contributed by atoms with Gasteiger partial charge in [-0.2, -0.15) is 0 Å². The average Bonchev–Trinajstić information content (AvgIpc) is 2.16. The molecule has 0 aliphatic carbocycles. The Morgan fingerprint density at radius 3 is 2.64 bits per heavy atom. The van der Waals surface area contributed by atoms with Crippen LogP contribution < -0.4 is 5.73 Å². The normalized spacial score (nSPS) is 14.8. The minimum absolute atomic E-state index is 0.179. The fourth-order valence-corrected chi connectivity index (χ4v) is 1.16. The highest BCUT2D eigenvalue weighted by Gasteiger charge is 2.13. The number of benzene rings is 1. The van der Waals surface area contributed by atoms with Crippen LogP contribution in [-0.2, 0) is 0 Å². The molecule has 1 aromatic rings. The molecule has 0 bridgehead atoms. The van der Waals surface area contributed by atoms with Crippen LogP contribution in [0.3, 0.4) is 0 Å². The Morgan fingerprint density at radius 2 is 2.14 bits per heavy atom. The molecule has 76 valence electrons. The maximum absolute atomic E-state index is 10.6. The number of carboxylic acids is 1. The quantitative estimate of drug-likeness (QED) is 0.665. The number of aliphatic hydroxyl groups excluding tert-OH is 1.